The van der Waals surface area contributed by atoms with Gasteiger partial charge in [-0.05, 0) is 23.1 Å². The number of urea groups is 1. The maximum absolute atomic E-state index is 14.2. The Morgan fingerprint density at radius 3 is 2.12 bits per heavy atom. The van der Waals surface area contributed by atoms with E-state index in [0.717, 1.165) is 6.07 Å². The van der Waals surface area contributed by atoms with E-state index in [4.69, 9.17) is 5.73 Å². The van der Waals surface area contributed by atoms with Crippen LogP contribution in [0.2, 0.25) is 0 Å². The van der Waals surface area contributed by atoms with Gasteiger partial charge in [0.25, 0.3) is 0 Å². The molecule has 1 unspecified atom stereocenters. The van der Waals surface area contributed by atoms with E-state index in [2.05, 4.69) is 15.6 Å². The average molecular weight is 484 g/mol. The average Bonchev–Trinajstić information content (AvgIpc) is 2.62. The van der Waals surface area contributed by atoms with Gasteiger partial charge < -0.3 is 11.1 Å². The molecule has 0 heterocycles. The van der Waals surface area contributed by atoms with Crippen molar-refractivity contribution in [3.8, 4) is 0 Å². The Morgan fingerprint density at radius 2 is 1.73 bits per heavy atom. The van der Waals surface area contributed by atoms with Crippen LogP contribution in [0.4, 0.5) is 35.5 Å². The van der Waals surface area contributed by atoms with Gasteiger partial charge in [-0.15, -0.1) is 0 Å². The Kier molecular flexibility index (Phi) is 8.64. The number of halogens is 7. The lowest BCUT2D eigenvalue weighted by atomic mass is 9.82. The van der Waals surface area contributed by atoms with E-state index in [1.807, 2.05) is 0 Å². The summed E-state index contributed by atoms with van der Waals surface area (Å²) in [6.07, 6.45) is -11.5. The van der Waals surface area contributed by atoms with Crippen LogP contribution >= 0.6 is 0 Å². The van der Waals surface area contributed by atoms with E-state index in [0.29, 0.717) is 12.1 Å². The molecule has 13 heteroatoms. The SMILES string of the molecule is CNC(=O)NC(=NC(c1ccc(C(F)(F)F)c(F)c1)C(C)(C)C)C(C=O)=C(N)CC(F)(F)F. The summed E-state index contributed by atoms with van der Waals surface area (Å²) in [5.41, 5.74) is 1.16. The van der Waals surface area contributed by atoms with Crippen LogP contribution < -0.4 is 16.4 Å². The van der Waals surface area contributed by atoms with Crippen molar-refractivity contribution in [2.75, 3.05) is 7.05 Å². The summed E-state index contributed by atoms with van der Waals surface area (Å²) >= 11 is 0. The molecular weight excluding hydrogens is 461 g/mol. The number of rotatable bonds is 5. The number of amidine groups is 1. The third-order valence-corrected chi connectivity index (χ3v) is 4.26. The number of aliphatic imine (C=N–C) groups is 1. The zero-order valence-corrected chi connectivity index (χ0v) is 18.1. The van der Waals surface area contributed by atoms with Crippen molar-refractivity contribution >= 4 is 18.2 Å². The first-order valence-electron chi connectivity index (χ1n) is 9.34. The Balaban J connectivity index is 3.75. The standard InChI is InChI=1S/C20H23F7N4O2/c1-18(2,3)15(10-5-6-12(13(21)7-10)20(25,26)27)30-16(31-17(33)29-4)11(9-32)14(28)8-19(22,23)24/h5-7,9,15H,8,28H2,1-4H3,(H2,29,30,31,33). The molecule has 1 aromatic rings. The van der Waals surface area contributed by atoms with Gasteiger partial charge in [0.2, 0.25) is 0 Å². The van der Waals surface area contributed by atoms with E-state index in [-0.39, 0.29) is 11.8 Å². The molecular formula is C20H23F7N4O2. The number of hydrogen-bond donors (Lipinski definition) is 3. The molecule has 2 amide bonds. The molecule has 1 atom stereocenters. The monoisotopic (exact) mass is 484 g/mol. The Hall–Kier alpha value is -3.12. The van der Waals surface area contributed by atoms with Crippen molar-refractivity contribution in [3.63, 3.8) is 0 Å². The quantitative estimate of drug-likeness (QED) is 0.187. The first kappa shape index (κ1) is 27.9. The predicted molar refractivity (Wildman–Crippen MR) is 107 cm³/mol. The smallest absolute Gasteiger partial charge is 0.401 e. The number of amides is 2. The zero-order chi connectivity index (χ0) is 25.8. The van der Waals surface area contributed by atoms with Gasteiger partial charge in [-0.3, -0.25) is 15.1 Å². The largest absolute Gasteiger partial charge is 0.419 e. The van der Waals surface area contributed by atoms with Gasteiger partial charge >= 0.3 is 18.4 Å². The van der Waals surface area contributed by atoms with E-state index in [9.17, 15) is 40.3 Å². The summed E-state index contributed by atoms with van der Waals surface area (Å²) in [5.74, 6) is -2.25. The Bertz CT molecular complexity index is 945. The van der Waals surface area contributed by atoms with Crippen molar-refractivity contribution < 1.29 is 40.3 Å². The number of hydrogen-bond acceptors (Lipinski definition) is 4. The van der Waals surface area contributed by atoms with Gasteiger partial charge in [-0.1, -0.05) is 26.8 Å². The molecule has 0 spiro atoms. The lowest BCUT2D eigenvalue weighted by Gasteiger charge is -2.29. The fraction of sp³-hybridized carbons (Fsp3) is 0.450. The molecule has 1 aromatic carbocycles. The van der Waals surface area contributed by atoms with Crippen molar-refractivity contribution in [2.45, 2.75) is 45.6 Å². The van der Waals surface area contributed by atoms with Crippen LogP contribution in [0.15, 0.2) is 34.5 Å². The van der Waals surface area contributed by atoms with Crippen molar-refractivity contribution in [1.82, 2.24) is 10.6 Å². The molecule has 0 aromatic heterocycles. The molecule has 4 N–H and O–H groups in total. The Morgan fingerprint density at radius 1 is 1.15 bits per heavy atom. The van der Waals surface area contributed by atoms with Crippen LogP contribution in [0.1, 0.15) is 44.4 Å². The van der Waals surface area contributed by atoms with Crippen LogP contribution in [0, 0.1) is 11.2 Å². The third kappa shape index (κ3) is 8.06. The number of benzene rings is 1. The van der Waals surface area contributed by atoms with E-state index >= 15 is 0 Å². The first-order chi connectivity index (χ1) is 14.9. The molecule has 0 saturated heterocycles. The minimum absolute atomic E-state index is 0.0388. The highest BCUT2D eigenvalue weighted by Gasteiger charge is 2.36. The molecule has 184 valence electrons. The fourth-order valence-corrected chi connectivity index (χ4v) is 2.76. The normalized spacial score (nSPS) is 14.9. The molecule has 6 nitrogen and oxygen atoms in total. The lowest BCUT2D eigenvalue weighted by molar-refractivity contribution is -0.140. The number of nitrogens with zero attached hydrogens (tertiary/aromatic N) is 1. The summed E-state index contributed by atoms with van der Waals surface area (Å²) in [7, 11) is 1.18. The second kappa shape index (κ2) is 10.2. The van der Waals surface area contributed by atoms with Crippen LogP contribution in [0.3, 0.4) is 0 Å². The summed E-state index contributed by atoms with van der Waals surface area (Å²) in [5, 5.41) is 4.23. The summed E-state index contributed by atoms with van der Waals surface area (Å²) < 4.78 is 91.3. The third-order valence-electron chi connectivity index (χ3n) is 4.26. The molecule has 0 aliphatic rings. The number of carbonyl (C=O) groups is 2. The van der Waals surface area contributed by atoms with Gasteiger partial charge in [0.15, 0.2) is 6.29 Å². The molecule has 0 aliphatic heterocycles. The van der Waals surface area contributed by atoms with Crippen molar-refractivity contribution in [2.24, 2.45) is 16.1 Å². The fourth-order valence-electron chi connectivity index (χ4n) is 2.76. The molecule has 0 bridgehead atoms. The summed E-state index contributed by atoms with van der Waals surface area (Å²) in [6.45, 7) is 4.70. The number of allylic oxidation sites excluding steroid dienone is 1. The first-order valence-corrected chi connectivity index (χ1v) is 9.34. The van der Waals surface area contributed by atoms with Crippen molar-refractivity contribution in [1.29, 1.82) is 0 Å². The van der Waals surface area contributed by atoms with Crippen LogP contribution in [-0.4, -0.2) is 31.4 Å². The van der Waals surface area contributed by atoms with Gasteiger partial charge in [0, 0.05) is 12.7 Å². The molecule has 33 heavy (non-hydrogen) atoms. The maximum Gasteiger partial charge on any atom is 0.419 e. The molecule has 1 rings (SSSR count). The van der Waals surface area contributed by atoms with E-state index < -0.39 is 64.7 Å². The highest BCUT2D eigenvalue weighted by atomic mass is 19.4. The maximum atomic E-state index is 14.2. The van der Waals surface area contributed by atoms with Gasteiger partial charge in [0.05, 0.1) is 23.6 Å². The van der Waals surface area contributed by atoms with E-state index in [1.165, 1.54) is 7.05 Å². The number of carbonyl (C=O) groups excluding carboxylic acids is 2. The summed E-state index contributed by atoms with van der Waals surface area (Å²) in [4.78, 5) is 27.5. The van der Waals surface area contributed by atoms with Crippen LogP contribution in [0.5, 0.6) is 0 Å². The van der Waals surface area contributed by atoms with Crippen molar-refractivity contribution in [3.05, 3.63) is 46.4 Å². The minimum Gasteiger partial charge on any atom is -0.401 e. The minimum atomic E-state index is -4.95. The molecule has 0 fully saturated rings. The number of nitrogens with one attached hydrogen (secondary N) is 2. The number of aldehydes is 1. The summed E-state index contributed by atoms with van der Waals surface area (Å²) in [6, 6.07) is -0.122. The van der Waals surface area contributed by atoms with Crippen LogP contribution in [-0.2, 0) is 11.0 Å². The second-order valence-electron chi connectivity index (χ2n) is 8.04. The van der Waals surface area contributed by atoms with E-state index in [1.54, 1.807) is 20.8 Å². The molecule has 0 saturated carbocycles. The Labute approximate surface area is 185 Å². The highest BCUT2D eigenvalue weighted by Crippen LogP contribution is 2.39. The highest BCUT2D eigenvalue weighted by molar-refractivity contribution is 6.18. The van der Waals surface area contributed by atoms with Gasteiger partial charge in [-0.2, -0.15) is 26.3 Å². The number of alkyl halides is 6. The van der Waals surface area contributed by atoms with Crippen LogP contribution in [0.25, 0.3) is 0 Å². The van der Waals surface area contributed by atoms with Gasteiger partial charge in [0.1, 0.15) is 11.7 Å². The molecule has 0 aliphatic carbocycles. The molecule has 0 radical (unpaired) electrons. The lowest BCUT2D eigenvalue weighted by Crippen LogP contribution is -2.40. The topological polar surface area (TPSA) is 96.6 Å². The second-order valence-corrected chi connectivity index (χ2v) is 8.04. The predicted octanol–water partition coefficient (Wildman–Crippen LogP) is 4.62. The zero-order valence-electron chi connectivity index (χ0n) is 18.1. The number of nitrogens with two attached hydrogens (primary N) is 1. The van der Waals surface area contributed by atoms with Gasteiger partial charge in [-0.25, -0.2) is 9.18 Å².